The first-order valence-corrected chi connectivity index (χ1v) is 8.89. The summed E-state index contributed by atoms with van der Waals surface area (Å²) in [4.78, 5) is 12.9. The van der Waals surface area contributed by atoms with Crippen molar-refractivity contribution >= 4 is 17.5 Å². The van der Waals surface area contributed by atoms with E-state index in [1.165, 1.54) is 25.9 Å². The van der Waals surface area contributed by atoms with Crippen LogP contribution >= 0.6 is 0 Å². The molecule has 1 aliphatic rings. The number of nitrogens with two attached hydrogens (primary N) is 1. The Morgan fingerprint density at radius 2 is 2.08 bits per heavy atom. The molecule has 2 N–H and O–H groups in total. The van der Waals surface area contributed by atoms with Gasteiger partial charge in [0, 0.05) is 25.5 Å². The first-order chi connectivity index (χ1) is 12.1. The maximum atomic E-state index is 6.04. The summed E-state index contributed by atoms with van der Waals surface area (Å²) < 4.78 is 6.04. The molecule has 0 aliphatic carbocycles. The second-order valence-electron chi connectivity index (χ2n) is 6.50. The largest absolute Gasteiger partial charge is 0.384 e. The fourth-order valence-electron chi connectivity index (χ4n) is 3.09. The van der Waals surface area contributed by atoms with Crippen molar-refractivity contribution in [3.8, 4) is 0 Å². The van der Waals surface area contributed by atoms with Crippen LogP contribution in [0.25, 0.3) is 0 Å². The average molecular weight is 341 g/mol. The van der Waals surface area contributed by atoms with Gasteiger partial charge in [0.05, 0.1) is 12.7 Å². The maximum Gasteiger partial charge on any atom is 0.231 e. The van der Waals surface area contributed by atoms with E-state index in [1.807, 2.05) is 24.1 Å². The lowest BCUT2D eigenvalue weighted by atomic mass is 10.1. The van der Waals surface area contributed by atoms with Crippen LogP contribution in [0.5, 0.6) is 0 Å². The summed E-state index contributed by atoms with van der Waals surface area (Å²) in [7, 11) is 1.94. The topological polar surface area (TPSA) is 67.5 Å². The SMILES string of the molecule is CC(OCCN1CCCC1)c1cccc(N(C)c2nccc(N)n2)c1. The minimum absolute atomic E-state index is 0.0534. The number of hydrogen-bond donors (Lipinski definition) is 1. The molecule has 6 heteroatoms. The number of likely N-dealkylation sites (tertiary alicyclic amines) is 1. The Balaban J connectivity index is 1.61. The van der Waals surface area contributed by atoms with Gasteiger partial charge in [-0.2, -0.15) is 4.98 Å². The van der Waals surface area contributed by atoms with Crippen LogP contribution < -0.4 is 10.6 Å². The fourth-order valence-corrected chi connectivity index (χ4v) is 3.09. The lowest BCUT2D eigenvalue weighted by molar-refractivity contribution is 0.0517. The Morgan fingerprint density at radius 3 is 2.84 bits per heavy atom. The van der Waals surface area contributed by atoms with Crippen LogP contribution in [0.4, 0.5) is 17.5 Å². The number of aromatic nitrogens is 2. The van der Waals surface area contributed by atoms with Crippen molar-refractivity contribution in [1.82, 2.24) is 14.9 Å². The van der Waals surface area contributed by atoms with Crippen molar-refractivity contribution in [3.05, 3.63) is 42.1 Å². The van der Waals surface area contributed by atoms with Crippen molar-refractivity contribution in [2.45, 2.75) is 25.9 Å². The van der Waals surface area contributed by atoms with Crippen LogP contribution in [0.1, 0.15) is 31.4 Å². The zero-order valence-corrected chi connectivity index (χ0v) is 15.1. The van der Waals surface area contributed by atoms with E-state index in [0.29, 0.717) is 11.8 Å². The second kappa shape index (κ2) is 8.27. The Bertz CT molecular complexity index is 687. The van der Waals surface area contributed by atoms with Crippen molar-refractivity contribution in [3.63, 3.8) is 0 Å². The maximum absolute atomic E-state index is 6.04. The molecule has 1 fully saturated rings. The Labute approximate surface area is 149 Å². The van der Waals surface area contributed by atoms with Gasteiger partial charge in [-0.05, 0) is 56.6 Å². The number of nitrogen functional groups attached to an aromatic ring is 1. The van der Waals surface area contributed by atoms with E-state index in [1.54, 1.807) is 12.3 Å². The molecule has 134 valence electrons. The molecule has 1 aromatic carbocycles. The van der Waals surface area contributed by atoms with Crippen LogP contribution in [0.2, 0.25) is 0 Å². The van der Waals surface area contributed by atoms with Gasteiger partial charge in [-0.15, -0.1) is 0 Å². The summed E-state index contributed by atoms with van der Waals surface area (Å²) >= 11 is 0. The monoisotopic (exact) mass is 341 g/mol. The van der Waals surface area contributed by atoms with Crippen molar-refractivity contribution in [2.75, 3.05) is 43.9 Å². The fraction of sp³-hybridized carbons (Fsp3) is 0.474. The van der Waals surface area contributed by atoms with Gasteiger partial charge in [-0.25, -0.2) is 4.98 Å². The van der Waals surface area contributed by atoms with Gasteiger partial charge >= 0.3 is 0 Å². The number of benzene rings is 1. The van der Waals surface area contributed by atoms with Crippen LogP contribution in [0, 0.1) is 0 Å². The molecule has 25 heavy (non-hydrogen) atoms. The Morgan fingerprint density at radius 1 is 1.28 bits per heavy atom. The molecule has 1 atom stereocenters. The molecule has 0 saturated carbocycles. The zero-order chi connectivity index (χ0) is 17.6. The predicted molar refractivity (Wildman–Crippen MR) is 101 cm³/mol. The van der Waals surface area contributed by atoms with Gasteiger partial charge in [-0.1, -0.05) is 12.1 Å². The Hall–Kier alpha value is -2.18. The molecule has 1 aliphatic heterocycles. The standard InChI is InChI=1S/C19H27N5O/c1-15(25-13-12-24-10-3-4-11-24)16-6-5-7-17(14-16)23(2)19-21-9-8-18(20)22-19/h5-9,14-15H,3-4,10-13H2,1-2H3,(H2,20,21,22). The van der Waals surface area contributed by atoms with Crippen LogP contribution in [-0.2, 0) is 4.74 Å². The molecular formula is C19H27N5O. The van der Waals surface area contributed by atoms with Gasteiger partial charge in [0.2, 0.25) is 5.95 Å². The molecule has 0 spiro atoms. The predicted octanol–water partition coefficient (Wildman–Crippen LogP) is 3.00. The first-order valence-electron chi connectivity index (χ1n) is 8.89. The minimum atomic E-state index is 0.0534. The summed E-state index contributed by atoms with van der Waals surface area (Å²) in [5.41, 5.74) is 7.92. The van der Waals surface area contributed by atoms with Crippen molar-refractivity contribution in [2.24, 2.45) is 0 Å². The molecule has 3 rings (SSSR count). The molecular weight excluding hydrogens is 314 g/mol. The number of anilines is 3. The molecule has 0 radical (unpaired) electrons. The summed E-state index contributed by atoms with van der Waals surface area (Å²) in [5.74, 6) is 1.05. The number of nitrogens with zero attached hydrogens (tertiary/aromatic N) is 4. The molecule has 2 aromatic rings. The summed E-state index contributed by atoms with van der Waals surface area (Å²) in [5, 5.41) is 0. The highest BCUT2D eigenvalue weighted by molar-refractivity contribution is 5.58. The van der Waals surface area contributed by atoms with Gasteiger partial charge in [0.25, 0.3) is 0 Å². The van der Waals surface area contributed by atoms with Gasteiger partial charge in [0.15, 0.2) is 0 Å². The van der Waals surface area contributed by atoms with E-state index >= 15 is 0 Å². The summed E-state index contributed by atoms with van der Waals surface area (Å²) in [6.45, 7) is 6.29. The molecule has 0 bridgehead atoms. The van der Waals surface area contributed by atoms with E-state index < -0.39 is 0 Å². The van der Waals surface area contributed by atoms with E-state index in [-0.39, 0.29) is 6.10 Å². The molecule has 0 amide bonds. The first kappa shape index (κ1) is 17.6. The van der Waals surface area contributed by atoms with Crippen LogP contribution in [-0.4, -0.2) is 48.2 Å². The average Bonchev–Trinajstić information content (AvgIpc) is 3.14. The quantitative estimate of drug-likeness (QED) is 0.835. The highest BCUT2D eigenvalue weighted by atomic mass is 16.5. The van der Waals surface area contributed by atoms with E-state index in [9.17, 15) is 0 Å². The third-order valence-corrected chi connectivity index (χ3v) is 4.67. The van der Waals surface area contributed by atoms with E-state index in [4.69, 9.17) is 10.5 Å². The smallest absolute Gasteiger partial charge is 0.231 e. The van der Waals surface area contributed by atoms with Gasteiger partial charge in [0.1, 0.15) is 5.82 Å². The highest BCUT2D eigenvalue weighted by Crippen LogP contribution is 2.25. The normalized spacial score (nSPS) is 16.1. The molecule has 1 aromatic heterocycles. The van der Waals surface area contributed by atoms with Crippen LogP contribution in [0.15, 0.2) is 36.5 Å². The number of ether oxygens (including phenoxy) is 1. The van der Waals surface area contributed by atoms with Crippen LogP contribution in [0.3, 0.4) is 0 Å². The third kappa shape index (κ3) is 4.67. The lowest BCUT2D eigenvalue weighted by Gasteiger charge is -2.21. The number of hydrogen-bond acceptors (Lipinski definition) is 6. The van der Waals surface area contributed by atoms with E-state index in [2.05, 4.69) is 33.9 Å². The minimum Gasteiger partial charge on any atom is -0.384 e. The third-order valence-electron chi connectivity index (χ3n) is 4.67. The molecule has 6 nitrogen and oxygen atoms in total. The highest BCUT2D eigenvalue weighted by Gasteiger charge is 2.13. The lowest BCUT2D eigenvalue weighted by Crippen LogP contribution is -2.24. The Kier molecular flexibility index (Phi) is 5.83. The van der Waals surface area contributed by atoms with Gasteiger partial charge in [-0.3, -0.25) is 0 Å². The molecule has 1 unspecified atom stereocenters. The van der Waals surface area contributed by atoms with Crippen molar-refractivity contribution < 1.29 is 4.74 Å². The molecule has 1 saturated heterocycles. The summed E-state index contributed by atoms with van der Waals surface area (Å²) in [6.07, 6.45) is 4.35. The van der Waals surface area contributed by atoms with E-state index in [0.717, 1.165) is 24.4 Å². The molecule has 2 heterocycles. The zero-order valence-electron chi connectivity index (χ0n) is 15.1. The van der Waals surface area contributed by atoms with Gasteiger partial charge < -0.3 is 20.3 Å². The van der Waals surface area contributed by atoms with Crippen molar-refractivity contribution in [1.29, 1.82) is 0 Å². The summed E-state index contributed by atoms with van der Waals surface area (Å²) in [6, 6.07) is 9.97. The second-order valence-corrected chi connectivity index (χ2v) is 6.50. The number of rotatable bonds is 7.